The second kappa shape index (κ2) is 15.8. The van der Waals surface area contributed by atoms with E-state index in [1.54, 1.807) is 0 Å². The van der Waals surface area contributed by atoms with Crippen LogP contribution in [0.25, 0.3) is 44.8 Å². The average molecular weight is 809 g/mol. The summed E-state index contributed by atoms with van der Waals surface area (Å²) in [6.45, 7) is 18.0. The van der Waals surface area contributed by atoms with Crippen molar-refractivity contribution in [3.63, 3.8) is 0 Å². The molecule has 47 heavy (non-hydrogen) atoms. The Morgan fingerprint density at radius 1 is 0.617 bits per heavy atom. The zero-order chi connectivity index (χ0) is 32.8. The Bertz CT molecular complexity index is 1880. The molecular formula is C43H44IrN2Si-2. The first kappa shape index (κ1) is 35.9. The van der Waals surface area contributed by atoms with Crippen molar-refractivity contribution in [2.24, 2.45) is 0 Å². The molecule has 4 heteroatoms. The van der Waals surface area contributed by atoms with Crippen LogP contribution in [-0.4, -0.2) is 18.0 Å². The largest absolute Gasteiger partial charge is 0.305 e. The van der Waals surface area contributed by atoms with Crippen molar-refractivity contribution in [1.29, 1.82) is 0 Å². The van der Waals surface area contributed by atoms with E-state index in [9.17, 15) is 0 Å². The molecule has 0 N–H and O–H groups in total. The fourth-order valence-electron chi connectivity index (χ4n) is 5.76. The van der Waals surface area contributed by atoms with Gasteiger partial charge in [0.1, 0.15) is 0 Å². The van der Waals surface area contributed by atoms with Gasteiger partial charge >= 0.3 is 0 Å². The molecule has 1 radical (unpaired) electrons. The van der Waals surface area contributed by atoms with Gasteiger partial charge in [-0.05, 0) is 77.1 Å². The van der Waals surface area contributed by atoms with Gasteiger partial charge in [0.15, 0.2) is 0 Å². The van der Waals surface area contributed by atoms with E-state index in [2.05, 4.69) is 149 Å². The Hall–Kier alpha value is -3.95. The summed E-state index contributed by atoms with van der Waals surface area (Å²) in [6, 6.07) is 42.8. The number of hydrogen-bond donors (Lipinski definition) is 0. The molecule has 0 saturated heterocycles. The van der Waals surface area contributed by atoms with Crippen LogP contribution >= 0.6 is 0 Å². The van der Waals surface area contributed by atoms with Crippen LogP contribution in [0.5, 0.6) is 0 Å². The summed E-state index contributed by atoms with van der Waals surface area (Å²) in [6.07, 6.45) is 3.91. The van der Waals surface area contributed by atoms with Crippen LogP contribution < -0.4 is 5.19 Å². The minimum absolute atomic E-state index is 0. The SMILES string of the molecule is C[Si](C)(C)c1ccc(-c2[c-]cccc2)nc1.Cc1cc(C)c(-c2ccc(-c3cc[c-]c(-c4cc(C(C)C)ccn4)c3)cc2)c(C)c1.[Ir]. The molecule has 0 spiro atoms. The Morgan fingerprint density at radius 3 is 1.89 bits per heavy atom. The van der Waals surface area contributed by atoms with E-state index < -0.39 is 8.07 Å². The van der Waals surface area contributed by atoms with Gasteiger partial charge in [0.2, 0.25) is 0 Å². The second-order valence-electron chi connectivity index (χ2n) is 13.4. The third kappa shape index (κ3) is 9.11. The Morgan fingerprint density at radius 2 is 1.30 bits per heavy atom. The summed E-state index contributed by atoms with van der Waals surface area (Å²) in [5.41, 5.74) is 14.3. The van der Waals surface area contributed by atoms with E-state index in [-0.39, 0.29) is 20.1 Å². The van der Waals surface area contributed by atoms with Gasteiger partial charge in [0.25, 0.3) is 0 Å². The van der Waals surface area contributed by atoms with Gasteiger partial charge in [-0.2, -0.15) is 0 Å². The number of nitrogens with zero attached hydrogens (tertiary/aromatic N) is 2. The minimum atomic E-state index is -1.23. The van der Waals surface area contributed by atoms with E-state index in [4.69, 9.17) is 0 Å². The summed E-state index contributed by atoms with van der Waals surface area (Å²) in [5.74, 6) is 0.483. The van der Waals surface area contributed by atoms with Gasteiger partial charge in [-0.25, -0.2) is 0 Å². The number of pyridine rings is 2. The van der Waals surface area contributed by atoms with Crippen LogP contribution in [0, 0.1) is 32.9 Å². The van der Waals surface area contributed by atoms with Crippen LogP contribution in [0.1, 0.15) is 42.0 Å². The molecule has 0 bridgehead atoms. The fraction of sp³-hybridized carbons (Fsp3) is 0.209. The van der Waals surface area contributed by atoms with E-state index in [1.165, 1.54) is 49.7 Å². The number of aromatic nitrogens is 2. The third-order valence-electron chi connectivity index (χ3n) is 8.33. The van der Waals surface area contributed by atoms with Crippen molar-refractivity contribution in [1.82, 2.24) is 9.97 Å². The van der Waals surface area contributed by atoms with Crippen molar-refractivity contribution in [2.45, 2.75) is 60.2 Å². The predicted octanol–water partition coefficient (Wildman–Crippen LogP) is 11.0. The van der Waals surface area contributed by atoms with Crippen molar-refractivity contribution >= 4 is 13.3 Å². The molecule has 0 fully saturated rings. The Balaban J connectivity index is 0.000000249. The first-order chi connectivity index (χ1) is 22.0. The Labute approximate surface area is 296 Å². The molecule has 6 aromatic rings. The van der Waals surface area contributed by atoms with Crippen LogP contribution in [0.15, 0.2) is 116 Å². The van der Waals surface area contributed by atoms with Gasteiger partial charge in [-0.3, -0.25) is 0 Å². The molecular weight excluding hydrogens is 765 g/mol. The van der Waals surface area contributed by atoms with Crippen LogP contribution in [0.4, 0.5) is 0 Å². The molecule has 0 aliphatic rings. The molecule has 0 aliphatic carbocycles. The monoisotopic (exact) mass is 809 g/mol. The van der Waals surface area contributed by atoms with Crippen molar-refractivity contribution in [3.05, 3.63) is 150 Å². The molecule has 0 unspecified atom stereocenters. The van der Waals surface area contributed by atoms with Crippen molar-refractivity contribution in [3.8, 4) is 44.8 Å². The van der Waals surface area contributed by atoms with E-state index in [1.807, 2.05) is 42.7 Å². The quantitative estimate of drug-likeness (QED) is 0.124. The first-order valence-corrected chi connectivity index (χ1v) is 19.6. The number of aryl methyl sites for hydroxylation is 3. The van der Waals surface area contributed by atoms with Gasteiger partial charge in [-0.15, -0.1) is 71.3 Å². The molecule has 6 rings (SSSR count). The van der Waals surface area contributed by atoms with Crippen molar-refractivity contribution in [2.75, 3.05) is 0 Å². The standard InChI is InChI=1S/C29H28N.C14H16NSi.Ir/c1-19(2)25-13-14-30-28(18-25)27-8-6-7-26(17-27)23-9-11-24(12-10-23)29-21(4)15-20(3)16-22(29)5;1-16(2,3)13-9-10-14(15-11-13)12-7-5-4-6-8-12;/h6-7,9-19H,1-5H3;4-7,9-11H,1-3H3;/q2*-1;. The summed E-state index contributed by atoms with van der Waals surface area (Å²) >= 11 is 0. The summed E-state index contributed by atoms with van der Waals surface area (Å²) < 4.78 is 0. The molecule has 2 nitrogen and oxygen atoms in total. The van der Waals surface area contributed by atoms with Crippen molar-refractivity contribution < 1.29 is 20.1 Å². The molecule has 2 aromatic heterocycles. The maximum absolute atomic E-state index is 4.58. The molecule has 0 atom stereocenters. The van der Waals surface area contributed by atoms with Crippen LogP contribution in [-0.2, 0) is 20.1 Å². The van der Waals surface area contributed by atoms with E-state index >= 15 is 0 Å². The number of benzene rings is 4. The molecule has 0 aliphatic heterocycles. The zero-order valence-electron chi connectivity index (χ0n) is 28.8. The molecule has 4 aromatic carbocycles. The third-order valence-corrected chi connectivity index (χ3v) is 10.4. The molecule has 241 valence electrons. The smallest absolute Gasteiger partial charge is 0.0795 e. The van der Waals surface area contributed by atoms with Gasteiger partial charge in [0.05, 0.1) is 8.07 Å². The van der Waals surface area contributed by atoms with Crippen LogP contribution in [0.2, 0.25) is 19.6 Å². The normalized spacial score (nSPS) is 11.0. The summed E-state index contributed by atoms with van der Waals surface area (Å²) in [4.78, 5) is 9.09. The van der Waals surface area contributed by atoms with Crippen LogP contribution in [0.3, 0.4) is 0 Å². The van der Waals surface area contributed by atoms with Gasteiger partial charge in [0, 0.05) is 32.5 Å². The maximum atomic E-state index is 4.58. The average Bonchev–Trinajstić information content (AvgIpc) is 3.05. The topological polar surface area (TPSA) is 25.8 Å². The minimum Gasteiger partial charge on any atom is -0.305 e. The summed E-state index contributed by atoms with van der Waals surface area (Å²) in [7, 11) is -1.23. The molecule has 2 heterocycles. The fourth-order valence-corrected chi connectivity index (χ4v) is 6.80. The molecule has 0 saturated carbocycles. The van der Waals surface area contributed by atoms with E-state index in [0.29, 0.717) is 5.92 Å². The summed E-state index contributed by atoms with van der Waals surface area (Å²) in [5, 5.41) is 1.40. The van der Waals surface area contributed by atoms with Gasteiger partial charge < -0.3 is 9.97 Å². The number of rotatable bonds is 6. The number of hydrogen-bond acceptors (Lipinski definition) is 2. The predicted molar refractivity (Wildman–Crippen MR) is 199 cm³/mol. The van der Waals surface area contributed by atoms with E-state index in [0.717, 1.165) is 22.5 Å². The van der Waals surface area contributed by atoms with Gasteiger partial charge in [-0.1, -0.05) is 99.2 Å². The second-order valence-corrected chi connectivity index (χ2v) is 18.5. The first-order valence-electron chi connectivity index (χ1n) is 16.1. The zero-order valence-corrected chi connectivity index (χ0v) is 32.2. The Kier molecular flexibility index (Phi) is 12.0. The molecule has 0 amide bonds. The maximum Gasteiger partial charge on any atom is 0.0795 e.